The average molecular weight is 260 g/mol. The standard InChI is InChI=1S/C14H20N4O/c1-3-11-9-13(16-10-15-11)18-7-5-12(6-8-18)17-14(19)4-2/h4,9-10,12H,2-3,5-8H2,1H3,(H,17,19). The molecular weight excluding hydrogens is 240 g/mol. The second-order valence-corrected chi connectivity index (χ2v) is 4.70. The summed E-state index contributed by atoms with van der Waals surface area (Å²) in [6, 6.07) is 2.29. The number of carbonyl (C=O) groups is 1. The smallest absolute Gasteiger partial charge is 0.243 e. The van der Waals surface area contributed by atoms with Crippen LogP contribution in [0.5, 0.6) is 0 Å². The number of nitrogens with one attached hydrogen (secondary N) is 1. The SMILES string of the molecule is C=CC(=O)NC1CCN(c2cc(CC)ncn2)CC1. The predicted octanol–water partition coefficient (Wildman–Crippen LogP) is 1.31. The first-order valence-electron chi connectivity index (χ1n) is 6.71. The molecule has 19 heavy (non-hydrogen) atoms. The summed E-state index contributed by atoms with van der Waals surface area (Å²) in [5.41, 5.74) is 1.06. The number of piperidine rings is 1. The van der Waals surface area contributed by atoms with Gasteiger partial charge in [0.2, 0.25) is 5.91 Å². The van der Waals surface area contributed by atoms with Crippen LogP contribution in [-0.4, -0.2) is 35.0 Å². The summed E-state index contributed by atoms with van der Waals surface area (Å²) >= 11 is 0. The molecule has 0 saturated carbocycles. The van der Waals surface area contributed by atoms with E-state index in [4.69, 9.17) is 0 Å². The number of anilines is 1. The molecule has 0 spiro atoms. The largest absolute Gasteiger partial charge is 0.356 e. The number of carbonyl (C=O) groups excluding carboxylic acids is 1. The van der Waals surface area contributed by atoms with Crippen molar-refractivity contribution < 1.29 is 4.79 Å². The van der Waals surface area contributed by atoms with Crippen molar-refractivity contribution in [3.8, 4) is 0 Å². The molecule has 1 aromatic heterocycles. The van der Waals surface area contributed by atoms with E-state index in [9.17, 15) is 4.79 Å². The van der Waals surface area contributed by atoms with Crippen LogP contribution < -0.4 is 10.2 Å². The van der Waals surface area contributed by atoms with Gasteiger partial charge in [-0.3, -0.25) is 4.79 Å². The van der Waals surface area contributed by atoms with E-state index in [1.165, 1.54) is 6.08 Å². The maximum absolute atomic E-state index is 11.3. The third-order valence-electron chi connectivity index (χ3n) is 3.42. The number of hydrogen-bond donors (Lipinski definition) is 1. The first-order chi connectivity index (χ1) is 9.22. The van der Waals surface area contributed by atoms with E-state index in [1.54, 1.807) is 6.33 Å². The summed E-state index contributed by atoms with van der Waals surface area (Å²) in [7, 11) is 0. The topological polar surface area (TPSA) is 58.1 Å². The highest BCUT2D eigenvalue weighted by Crippen LogP contribution is 2.18. The highest BCUT2D eigenvalue weighted by atomic mass is 16.1. The number of hydrogen-bond acceptors (Lipinski definition) is 4. The van der Waals surface area contributed by atoms with Crippen LogP contribution in [0, 0.1) is 0 Å². The molecule has 0 bridgehead atoms. The van der Waals surface area contributed by atoms with Crippen molar-refractivity contribution in [1.29, 1.82) is 0 Å². The van der Waals surface area contributed by atoms with Gasteiger partial charge in [-0.15, -0.1) is 0 Å². The van der Waals surface area contributed by atoms with Crippen molar-refractivity contribution in [3.05, 3.63) is 30.7 Å². The first kappa shape index (κ1) is 13.5. The van der Waals surface area contributed by atoms with Crippen LogP contribution in [0.15, 0.2) is 25.0 Å². The van der Waals surface area contributed by atoms with Crippen LogP contribution >= 0.6 is 0 Å². The molecule has 5 heteroatoms. The van der Waals surface area contributed by atoms with Gasteiger partial charge < -0.3 is 10.2 Å². The van der Waals surface area contributed by atoms with E-state index in [0.717, 1.165) is 43.9 Å². The molecule has 1 aromatic rings. The molecule has 1 aliphatic rings. The molecule has 1 N–H and O–H groups in total. The number of nitrogens with zero attached hydrogens (tertiary/aromatic N) is 3. The minimum atomic E-state index is -0.0891. The number of amides is 1. The maximum Gasteiger partial charge on any atom is 0.243 e. The van der Waals surface area contributed by atoms with Crippen molar-refractivity contribution in [2.75, 3.05) is 18.0 Å². The fourth-order valence-electron chi connectivity index (χ4n) is 2.27. The zero-order valence-electron chi connectivity index (χ0n) is 11.3. The molecule has 2 heterocycles. The fraction of sp³-hybridized carbons (Fsp3) is 0.500. The van der Waals surface area contributed by atoms with Gasteiger partial charge in [0, 0.05) is 30.9 Å². The van der Waals surface area contributed by atoms with E-state index >= 15 is 0 Å². The van der Waals surface area contributed by atoms with Crippen molar-refractivity contribution >= 4 is 11.7 Å². The molecule has 2 rings (SSSR count). The average Bonchev–Trinajstić information content (AvgIpc) is 2.48. The lowest BCUT2D eigenvalue weighted by Crippen LogP contribution is -2.44. The van der Waals surface area contributed by atoms with Crippen LogP contribution in [0.25, 0.3) is 0 Å². The van der Waals surface area contributed by atoms with Crippen LogP contribution in [0.4, 0.5) is 5.82 Å². The van der Waals surface area contributed by atoms with Crippen LogP contribution in [0.1, 0.15) is 25.5 Å². The zero-order valence-corrected chi connectivity index (χ0v) is 11.3. The summed E-state index contributed by atoms with van der Waals surface area (Å²) in [5.74, 6) is 0.897. The van der Waals surface area contributed by atoms with Gasteiger partial charge in [0.15, 0.2) is 0 Å². The van der Waals surface area contributed by atoms with Crippen LogP contribution in [0.3, 0.4) is 0 Å². The number of aromatic nitrogens is 2. The molecule has 0 unspecified atom stereocenters. The summed E-state index contributed by atoms with van der Waals surface area (Å²) < 4.78 is 0. The Morgan fingerprint density at radius 1 is 1.53 bits per heavy atom. The molecule has 1 amide bonds. The van der Waals surface area contributed by atoms with Gasteiger partial charge in [-0.1, -0.05) is 13.5 Å². The van der Waals surface area contributed by atoms with E-state index in [1.807, 2.05) is 6.07 Å². The highest BCUT2D eigenvalue weighted by molar-refractivity contribution is 5.87. The summed E-state index contributed by atoms with van der Waals surface area (Å²) in [6.45, 7) is 7.36. The summed E-state index contributed by atoms with van der Waals surface area (Å²) in [6.07, 6.45) is 5.74. The molecule has 1 aliphatic heterocycles. The normalized spacial score (nSPS) is 16.2. The Hall–Kier alpha value is -1.91. The van der Waals surface area contributed by atoms with Gasteiger partial charge >= 0.3 is 0 Å². The molecule has 0 radical (unpaired) electrons. The third kappa shape index (κ3) is 3.53. The second-order valence-electron chi connectivity index (χ2n) is 4.70. The Bertz CT molecular complexity index is 453. The van der Waals surface area contributed by atoms with Gasteiger partial charge in [-0.05, 0) is 25.3 Å². The van der Waals surface area contributed by atoms with Crippen LogP contribution in [0.2, 0.25) is 0 Å². The molecular formula is C14H20N4O. The van der Waals surface area contributed by atoms with Crippen molar-refractivity contribution in [2.24, 2.45) is 0 Å². The Labute approximate surface area is 113 Å². The summed E-state index contributed by atoms with van der Waals surface area (Å²) in [5, 5.41) is 2.95. The van der Waals surface area contributed by atoms with Crippen LogP contribution in [-0.2, 0) is 11.2 Å². The molecule has 0 aromatic carbocycles. The Morgan fingerprint density at radius 2 is 2.26 bits per heavy atom. The number of aryl methyl sites for hydroxylation is 1. The quantitative estimate of drug-likeness (QED) is 0.829. The van der Waals surface area contributed by atoms with Gasteiger partial charge in [-0.25, -0.2) is 9.97 Å². The molecule has 5 nitrogen and oxygen atoms in total. The van der Waals surface area contributed by atoms with Crippen molar-refractivity contribution in [3.63, 3.8) is 0 Å². The summed E-state index contributed by atoms with van der Waals surface area (Å²) in [4.78, 5) is 22.0. The third-order valence-corrected chi connectivity index (χ3v) is 3.42. The van der Waals surface area contributed by atoms with E-state index in [0.29, 0.717) is 0 Å². The van der Waals surface area contributed by atoms with Gasteiger partial charge in [0.25, 0.3) is 0 Å². The number of rotatable bonds is 4. The Kier molecular flexibility index (Phi) is 4.49. The van der Waals surface area contributed by atoms with E-state index in [-0.39, 0.29) is 11.9 Å². The molecule has 102 valence electrons. The van der Waals surface area contributed by atoms with Crippen molar-refractivity contribution in [2.45, 2.75) is 32.2 Å². The van der Waals surface area contributed by atoms with Crippen molar-refractivity contribution in [1.82, 2.24) is 15.3 Å². The van der Waals surface area contributed by atoms with Gasteiger partial charge in [-0.2, -0.15) is 0 Å². The first-order valence-corrected chi connectivity index (χ1v) is 6.71. The van der Waals surface area contributed by atoms with Gasteiger partial charge in [0.05, 0.1) is 0 Å². The predicted molar refractivity (Wildman–Crippen MR) is 75.0 cm³/mol. The Balaban J connectivity index is 1.92. The lowest BCUT2D eigenvalue weighted by Gasteiger charge is -2.33. The highest BCUT2D eigenvalue weighted by Gasteiger charge is 2.20. The molecule has 1 saturated heterocycles. The lowest BCUT2D eigenvalue weighted by molar-refractivity contribution is -0.117. The molecule has 0 aliphatic carbocycles. The molecule has 1 fully saturated rings. The minimum absolute atomic E-state index is 0.0891. The Morgan fingerprint density at radius 3 is 2.89 bits per heavy atom. The van der Waals surface area contributed by atoms with E-state index < -0.39 is 0 Å². The molecule has 0 atom stereocenters. The van der Waals surface area contributed by atoms with E-state index in [2.05, 4.69) is 33.7 Å². The zero-order chi connectivity index (χ0) is 13.7. The second kappa shape index (κ2) is 6.31. The monoisotopic (exact) mass is 260 g/mol. The maximum atomic E-state index is 11.3. The lowest BCUT2D eigenvalue weighted by atomic mass is 10.0. The van der Waals surface area contributed by atoms with Gasteiger partial charge in [0.1, 0.15) is 12.1 Å². The fourth-order valence-corrected chi connectivity index (χ4v) is 2.27. The minimum Gasteiger partial charge on any atom is -0.356 e.